The van der Waals surface area contributed by atoms with Crippen LogP contribution in [0, 0.1) is 0 Å². The molecule has 6 heteroatoms. The van der Waals surface area contributed by atoms with Crippen LogP contribution in [0.1, 0.15) is 11.1 Å². The monoisotopic (exact) mass is 279 g/mol. The lowest BCUT2D eigenvalue weighted by Gasteiger charge is -2.27. The first kappa shape index (κ1) is 13.8. The van der Waals surface area contributed by atoms with Crippen molar-refractivity contribution in [3.05, 3.63) is 29.3 Å². The van der Waals surface area contributed by atoms with Gasteiger partial charge in [-0.15, -0.1) is 0 Å². The maximum Gasteiger partial charge on any atom is 0.234 e. The van der Waals surface area contributed by atoms with Gasteiger partial charge in [-0.05, 0) is 18.2 Å². The number of methoxy groups -OCH3 is 1. The van der Waals surface area contributed by atoms with Crippen molar-refractivity contribution in [3.8, 4) is 5.75 Å². The van der Waals surface area contributed by atoms with E-state index in [1.54, 1.807) is 7.11 Å². The number of thiocarbonyl (C=S) groups is 1. The van der Waals surface area contributed by atoms with Crippen LogP contribution in [0.4, 0.5) is 0 Å². The van der Waals surface area contributed by atoms with E-state index in [2.05, 4.69) is 10.2 Å². The molecule has 0 aliphatic carbocycles. The average molecular weight is 279 g/mol. The maximum absolute atomic E-state index is 11.4. The summed E-state index contributed by atoms with van der Waals surface area (Å²) in [4.78, 5) is 13.8. The standard InChI is InChI=1S/C13H17N3O2S/c1-18-11-3-2-9(13(14)19)6-10(11)7-16-5-4-15-12(17)8-16/h2-3,6H,4-5,7-8H2,1H3,(H2,14,19)(H,15,17). The second kappa shape index (κ2) is 5.99. The van der Waals surface area contributed by atoms with Crippen molar-refractivity contribution < 1.29 is 9.53 Å². The lowest BCUT2D eigenvalue weighted by molar-refractivity contribution is -0.124. The number of rotatable bonds is 4. The first-order valence-electron chi connectivity index (χ1n) is 6.06. The van der Waals surface area contributed by atoms with Gasteiger partial charge < -0.3 is 15.8 Å². The zero-order valence-electron chi connectivity index (χ0n) is 10.8. The van der Waals surface area contributed by atoms with Crippen molar-refractivity contribution in [1.82, 2.24) is 10.2 Å². The number of hydrogen-bond donors (Lipinski definition) is 2. The molecule has 5 nitrogen and oxygen atoms in total. The summed E-state index contributed by atoms with van der Waals surface area (Å²) in [7, 11) is 1.63. The molecule has 1 amide bonds. The Hall–Kier alpha value is -1.66. The Bertz CT molecular complexity index is 505. The molecule has 0 aromatic heterocycles. The smallest absolute Gasteiger partial charge is 0.234 e. The molecule has 1 aromatic carbocycles. The number of hydrogen-bond acceptors (Lipinski definition) is 4. The summed E-state index contributed by atoms with van der Waals surface area (Å²) >= 11 is 4.98. The molecule has 19 heavy (non-hydrogen) atoms. The zero-order chi connectivity index (χ0) is 13.8. The highest BCUT2D eigenvalue weighted by Crippen LogP contribution is 2.22. The zero-order valence-corrected chi connectivity index (χ0v) is 11.6. The molecule has 1 fully saturated rings. The molecule has 0 atom stereocenters. The predicted octanol–water partition coefficient (Wildman–Crippen LogP) is 0.261. The highest BCUT2D eigenvalue weighted by Gasteiger charge is 2.18. The normalized spacial score (nSPS) is 15.9. The minimum Gasteiger partial charge on any atom is -0.496 e. The van der Waals surface area contributed by atoms with E-state index in [-0.39, 0.29) is 5.91 Å². The van der Waals surface area contributed by atoms with Gasteiger partial charge in [-0.25, -0.2) is 0 Å². The summed E-state index contributed by atoms with van der Waals surface area (Å²) in [5.74, 6) is 0.835. The van der Waals surface area contributed by atoms with Crippen molar-refractivity contribution in [3.63, 3.8) is 0 Å². The largest absolute Gasteiger partial charge is 0.496 e. The molecule has 0 saturated carbocycles. The van der Waals surface area contributed by atoms with Gasteiger partial charge in [0.2, 0.25) is 5.91 Å². The van der Waals surface area contributed by atoms with Gasteiger partial charge in [0.25, 0.3) is 0 Å². The molecule has 0 spiro atoms. The van der Waals surface area contributed by atoms with Crippen LogP contribution in [-0.2, 0) is 11.3 Å². The molecule has 1 aliphatic heterocycles. The van der Waals surface area contributed by atoms with Gasteiger partial charge in [-0.1, -0.05) is 12.2 Å². The Morgan fingerprint density at radius 2 is 2.37 bits per heavy atom. The first-order chi connectivity index (χ1) is 9.10. The number of nitrogens with zero attached hydrogens (tertiary/aromatic N) is 1. The van der Waals surface area contributed by atoms with Gasteiger partial charge in [-0.2, -0.15) is 0 Å². The molecule has 1 aromatic rings. The summed E-state index contributed by atoms with van der Waals surface area (Å²) < 4.78 is 5.34. The third kappa shape index (κ3) is 3.42. The van der Waals surface area contributed by atoms with Crippen LogP contribution >= 0.6 is 12.2 Å². The van der Waals surface area contributed by atoms with Crippen LogP contribution in [0.5, 0.6) is 5.75 Å². The number of piperazine rings is 1. The molecule has 2 rings (SSSR count). The van der Waals surface area contributed by atoms with E-state index in [1.807, 2.05) is 18.2 Å². The van der Waals surface area contributed by atoms with Crippen LogP contribution in [0.3, 0.4) is 0 Å². The van der Waals surface area contributed by atoms with E-state index in [4.69, 9.17) is 22.7 Å². The Kier molecular flexibility index (Phi) is 4.34. The Labute approximate surface area is 117 Å². The van der Waals surface area contributed by atoms with Crippen LogP contribution in [0.25, 0.3) is 0 Å². The number of nitrogens with two attached hydrogens (primary N) is 1. The fraction of sp³-hybridized carbons (Fsp3) is 0.385. The minimum atomic E-state index is 0.0516. The van der Waals surface area contributed by atoms with Crippen LogP contribution in [0.2, 0.25) is 0 Å². The van der Waals surface area contributed by atoms with Crippen LogP contribution < -0.4 is 15.8 Å². The molecule has 1 aliphatic rings. The second-order valence-corrected chi connectivity index (χ2v) is 4.89. The Morgan fingerprint density at radius 1 is 1.58 bits per heavy atom. The third-order valence-corrected chi connectivity index (χ3v) is 3.31. The molecule has 0 unspecified atom stereocenters. The minimum absolute atomic E-state index is 0.0516. The SMILES string of the molecule is COc1ccc(C(N)=S)cc1CN1CCNC(=O)C1. The molecular weight excluding hydrogens is 262 g/mol. The van der Waals surface area contributed by atoms with Crippen molar-refractivity contribution >= 4 is 23.1 Å². The number of amides is 1. The number of nitrogens with one attached hydrogen (secondary N) is 1. The third-order valence-electron chi connectivity index (χ3n) is 3.08. The van der Waals surface area contributed by atoms with Crippen LogP contribution in [-0.4, -0.2) is 42.5 Å². The van der Waals surface area contributed by atoms with Gasteiger partial charge in [0.15, 0.2) is 0 Å². The summed E-state index contributed by atoms with van der Waals surface area (Å²) in [6.45, 7) is 2.55. The van der Waals surface area contributed by atoms with Gasteiger partial charge >= 0.3 is 0 Å². The highest BCUT2D eigenvalue weighted by molar-refractivity contribution is 7.80. The molecule has 0 bridgehead atoms. The molecular formula is C13H17N3O2S. The van der Waals surface area contributed by atoms with Gasteiger partial charge in [0, 0.05) is 30.8 Å². The number of benzene rings is 1. The molecule has 102 valence electrons. The maximum atomic E-state index is 11.4. The summed E-state index contributed by atoms with van der Waals surface area (Å²) in [6, 6.07) is 5.62. The molecule has 0 radical (unpaired) electrons. The first-order valence-corrected chi connectivity index (χ1v) is 6.46. The number of carbonyl (C=O) groups excluding carboxylic acids is 1. The van der Waals surface area contributed by atoms with Gasteiger partial charge in [0.05, 0.1) is 13.7 Å². The van der Waals surface area contributed by atoms with Crippen LogP contribution in [0.15, 0.2) is 18.2 Å². The molecule has 1 heterocycles. The summed E-state index contributed by atoms with van der Waals surface area (Å²) in [6.07, 6.45) is 0. The molecule has 3 N–H and O–H groups in total. The predicted molar refractivity (Wildman–Crippen MR) is 77.2 cm³/mol. The highest BCUT2D eigenvalue weighted by atomic mass is 32.1. The van der Waals surface area contributed by atoms with E-state index in [0.29, 0.717) is 24.6 Å². The second-order valence-electron chi connectivity index (χ2n) is 4.45. The van der Waals surface area contributed by atoms with E-state index in [1.165, 1.54) is 0 Å². The van der Waals surface area contributed by atoms with E-state index >= 15 is 0 Å². The summed E-state index contributed by atoms with van der Waals surface area (Å²) in [5.41, 5.74) is 7.44. The average Bonchev–Trinajstić information content (AvgIpc) is 2.38. The van der Waals surface area contributed by atoms with Gasteiger partial charge in [0.1, 0.15) is 10.7 Å². The number of ether oxygens (including phenoxy) is 1. The van der Waals surface area contributed by atoms with E-state index in [0.717, 1.165) is 23.4 Å². The Morgan fingerprint density at radius 3 is 3.00 bits per heavy atom. The van der Waals surface area contributed by atoms with Crippen molar-refractivity contribution in [2.45, 2.75) is 6.54 Å². The molecule has 1 saturated heterocycles. The van der Waals surface area contributed by atoms with Crippen molar-refractivity contribution in [2.24, 2.45) is 5.73 Å². The van der Waals surface area contributed by atoms with Gasteiger partial charge in [-0.3, -0.25) is 9.69 Å². The summed E-state index contributed by atoms with van der Waals surface area (Å²) in [5, 5.41) is 2.80. The van der Waals surface area contributed by atoms with Crippen molar-refractivity contribution in [2.75, 3.05) is 26.7 Å². The van der Waals surface area contributed by atoms with E-state index < -0.39 is 0 Å². The quantitative estimate of drug-likeness (QED) is 0.774. The fourth-order valence-corrected chi connectivity index (χ4v) is 2.25. The lowest BCUT2D eigenvalue weighted by atomic mass is 10.1. The number of carbonyl (C=O) groups is 1. The van der Waals surface area contributed by atoms with E-state index in [9.17, 15) is 4.79 Å². The topological polar surface area (TPSA) is 67.6 Å². The Balaban J connectivity index is 2.19. The van der Waals surface area contributed by atoms with Crippen molar-refractivity contribution in [1.29, 1.82) is 0 Å². The fourth-order valence-electron chi connectivity index (χ4n) is 2.12. The lowest BCUT2D eigenvalue weighted by Crippen LogP contribution is -2.47.